The van der Waals surface area contributed by atoms with E-state index in [0.29, 0.717) is 51.4 Å². The predicted molar refractivity (Wildman–Crippen MR) is 87.1 cm³/mol. The predicted octanol–water partition coefficient (Wildman–Crippen LogP) is 5.53. The number of ether oxygens (including phenoxy) is 1. The number of aliphatic carboxylic acids is 1. The molecule has 0 atom stereocenters. The Kier molecular flexibility index (Phi) is 6.21. The molecule has 0 fully saturated rings. The van der Waals surface area contributed by atoms with Gasteiger partial charge in [0.2, 0.25) is 0 Å². The summed E-state index contributed by atoms with van der Waals surface area (Å²) >= 11 is 18.5. The summed E-state index contributed by atoms with van der Waals surface area (Å²) in [6.45, 7) is 7.31. The first kappa shape index (κ1) is 18.4. The molecule has 0 saturated carbocycles. The molecule has 0 aromatic heterocycles. The van der Waals surface area contributed by atoms with Crippen molar-refractivity contribution in [3.63, 3.8) is 0 Å². The molecule has 0 aliphatic rings. The Bertz CT molecular complexity index is 525. The van der Waals surface area contributed by atoms with E-state index in [1.807, 2.05) is 0 Å². The van der Waals surface area contributed by atoms with Crippen molar-refractivity contribution in [3.8, 4) is 5.75 Å². The number of carbonyl (C=O) groups is 1. The molecule has 0 amide bonds. The van der Waals surface area contributed by atoms with Crippen molar-refractivity contribution >= 4 is 40.8 Å². The van der Waals surface area contributed by atoms with Gasteiger partial charge < -0.3 is 9.84 Å². The minimum atomic E-state index is -0.818. The van der Waals surface area contributed by atoms with Gasteiger partial charge in [0.15, 0.2) is 0 Å². The third-order valence-electron chi connectivity index (χ3n) is 3.49. The molecule has 21 heavy (non-hydrogen) atoms. The highest BCUT2D eigenvalue weighted by Crippen LogP contribution is 2.42. The Hall–Kier alpha value is -0.640. The first-order chi connectivity index (χ1) is 9.59. The van der Waals surface area contributed by atoms with Gasteiger partial charge in [-0.15, -0.1) is 0 Å². The highest BCUT2D eigenvalue weighted by atomic mass is 35.5. The number of hydrogen-bond acceptors (Lipinski definition) is 2. The SMILES string of the molecule is Cc1c(Cl)c(Cl)c(C)c(OCCCC(C)(C)C(=O)O)c1Cl. The van der Waals surface area contributed by atoms with Crippen LogP contribution in [0.15, 0.2) is 0 Å². The van der Waals surface area contributed by atoms with E-state index in [1.54, 1.807) is 27.7 Å². The Morgan fingerprint density at radius 1 is 1.10 bits per heavy atom. The second-order valence-corrected chi connectivity index (χ2v) is 6.80. The largest absolute Gasteiger partial charge is 0.492 e. The molecule has 0 bridgehead atoms. The molecule has 6 heteroatoms. The van der Waals surface area contributed by atoms with E-state index >= 15 is 0 Å². The number of benzene rings is 1. The highest BCUT2D eigenvalue weighted by molar-refractivity contribution is 6.45. The first-order valence-electron chi connectivity index (χ1n) is 6.59. The summed E-state index contributed by atoms with van der Waals surface area (Å²) in [4.78, 5) is 11.0. The zero-order valence-electron chi connectivity index (χ0n) is 12.5. The van der Waals surface area contributed by atoms with Crippen LogP contribution in [0.5, 0.6) is 5.75 Å². The van der Waals surface area contributed by atoms with Crippen LogP contribution in [0.25, 0.3) is 0 Å². The Balaban J connectivity index is 2.76. The van der Waals surface area contributed by atoms with Crippen LogP contribution in [-0.2, 0) is 4.79 Å². The molecule has 1 aromatic carbocycles. The molecule has 0 aliphatic heterocycles. The second kappa shape index (κ2) is 7.08. The van der Waals surface area contributed by atoms with Gasteiger partial charge in [0.05, 0.1) is 27.1 Å². The first-order valence-corrected chi connectivity index (χ1v) is 7.72. The lowest BCUT2D eigenvalue weighted by Gasteiger charge is -2.20. The smallest absolute Gasteiger partial charge is 0.309 e. The number of carboxylic acids is 1. The van der Waals surface area contributed by atoms with E-state index in [0.717, 1.165) is 0 Å². The van der Waals surface area contributed by atoms with Crippen LogP contribution in [0.3, 0.4) is 0 Å². The van der Waals surface area contributed by atoms with Crippen LogP contribution in [0, 0.1) is 19.3 Å². The highest BCUT2D eigenvalue weighted by Gasteiger charge is 2.26. The molecule has 1 aromatic rings. The van der Waals surface area contributed by atoms with E-state index in [-0.39, 0.29) is 0 Å². The summed E-state index contributed by atoms with van der Waals surface area (Å²) in [6, 6.07) is 0. The summed E-state index contributed by atoms with van der Waals surface area (Å²) in [5.41, 5.74) is 0.597. The monoisotopic (exact) mass is 352 g/mol. The molecule has 0 heterocycles. The van der Waals surface area contributed by atoms with Crippen LogP contribution < -0.4 is 4.74 Å². The van der Waals surface area contributed by atoms with Crippen molar-refractivity contribution < 1.29 is 14.6 Å². The zero-order chi connectivity index (χ0) is 16.4. The molecule has 0 spiro atoms. The molecular formula is C15H19Cl3O3. The molecular weight excluding hydrogens is 335 g/mol. The fourth-order valence-corrected chi connectivity index (χ4v) is 2.63. The van der Waals surface area contributed by atoms with Crippen molar-refractivity contribution in [2.45, 2.75) is 40.5 Å². The fraction of sp³-hybridized carbons (Fsp3) is 0.533. The van der Waals surface area contributed by atoms with Crippen LogP contribution in [0.4, 0.5) is 0 Å². The van der Waals surface area contributed by atoms with Gasteiger partial charge in [-0.05, 0) is 46.1 Å². The van der Waals surface area contributed by atoms with Crippen molar-refractivity contribution in [1.29, 1.82) is 0 Å². The fourth-order valence-electron chi connectivity index (χ4n) is 1.83. The van der Waals surface area contributed by atoms with Gasteiger partial charge in [-0.1, -0.05) is 34.8 Å². The topological polar surface area (TPSA) is 46.5 Å². The Morgan fingerprint density at radius 3 is 2.14 bits per heavy atom. The van der Waals surface area contributed by atoms with Crippen LogP contribution in [0.1, 0.15) is 37.8 Å². The Morgan fingerprint density at radius 2 is 1.62 bits per heavy atom. The second-order valence-electron chi connectivity index (χ2n) is 5.66. The lowest BCUT2D eigenvalue weighted by atomic mass is 9.88. The molecule has 3 nitrogen and oxygen atoms in total. The van der Waals surface area contributed by atoms with Crippen molar-refractivity contribution in [2.24, 2.45) is 5.41 Å². The van der Waals surface area contributed by atoms with Gasteiger partial charge in [-0.3, -0.25) is 4.79 Å². The summed E-state index contributed by atoms with van der Waals surface area (Å²) in [7, 11) is 0. The lowest BCUT2D eigenvalue weighted by Crippen LogP contribution is -2.24. The molecule has 0 aliphatic carbocycles. The maximum Gasteiger partial charge on any atom is 0.309 e. The average molecular weight is 354 g/mol. The molecule has 0 unspecified atom stereocenters. The van der Waals surface area contributed by atoms with E-state index < -0.39 is 11.4 Å². The lowest BCUT2D eigenvalue weighted by molar-refractivity contribution is -0.147. The van der Waals surface area contributed by atoms with Crippen LogP contribution in [0.2, 0.25) is 15.1 Å². The van der Waals surface area contributed by atoms with Crippen LogP contribution >= 0.6 is 34.8 Å². The Labute approximate surface area is 140 Å². The third kappa shape index (κ3) is 4.18. The summed E-state index contributed by atoms with van der Waals surface area (Å²) in [6.07, 6.45) is 1.12. The third-order valence-corrected chi connectivity index (χ3v) is 4.99. The molecule has 118 valence electrons. The molecule has 0 saturated heterocycles. The standard InChI is InChI=1S/C15H19Cl3O3/c1-8-10(16)11(17)9(2)13(12(8)18)21-7-5-6-15(3,4)14(19)20/h5-7H2,1-4H3,(H,19,20). The number of halogens is 3. The van der Waals surface area contributed by atoms with E-state index in [2.05, 4.69) is 0 Å². The van der Waals surface area contributed by atoms with Crippen molar-refractivity contribution in [3.05, 3.63) is 26.2 Å². The molecule has 0 radical (unpaired) electrons. The minimum Gasteiger partial charge on any atom is -0.492 e. The molecule has 1 rings (SSSR count). The van der Waals surface area contributed by atoms with Gasteiger partial charge in [-0.2, -0.15) is 0 Å². The summed E-state index contributed by atoms with van der Waals surface area (Å²) in [5.74, 6) is -0.307. The van der Waals surface area contributed by atoms with Crippen molar-refractivity contribution in [1.82, 2.24) is 0 Å². The number of carboxylic acid groups (broad SMARTS) is 1. The maximum absolute atomic E-state index is 11.0. The van der Waals surface area contributed by atoms with Gasteiger partial charge in [-0.25, -0.2) is 0 Å². The van der Waals surface area contributed by atoms with E-state index in [4.69, 9.17) is 44.6 Å². The zero-order valence-corrected chi connectivity index (χ0v) is 14.8. The quantitative estimate of drug-likeness (QED) is 0.540. The van der Waals surface area contributed by atoms with Gasteiger partial charge in [0.25, 0.3) is 0 Å². The van der Waals surface area contributed by atoms with Crippen LogP contribution in [-0.4, -0.2) is 17.7 Å². The van der Waals surface area contributed by atoms with Gasteiger partial charge in [0.1, 0.15) is 5.75 Å². The minimum absolute atomic E-state index is 0.370. The van der Waals surface area contributed by atoms with Gasteiger partial charge in [0, 0.05) is 5.56 Å². The van der Waals surface area contributed by atoms with E-state index in [9.17, 15) is 4.79 Å². The summed E-state index contributed by atoms with van der Waals surface area (Å²) < 4.78 is 5.69. The van der Waals surface area contributed by atoms with Gasteiger partial charge >= 0.3 is 5.97 Å². The number of hydrogen-bond donors (Lipinski definition) is 1. The number of rotatable bonds is 6. The summed E-state index contributed by atoms with van der Waals surface area (Å²) in [5, 5.41) is 10.4. The average Bonchev–Trinajstić information content (AvgIpc) is 2.42. The molecule has 1 N–H and O–H groups in total. The maximum atomic E-state index is 11.0. The van der Waals surface area contributed by atoms with Crippen molar-refractivity contribution in [2.75, 3.05) is 6.61 Å². The normalized spacial score (nSPS) is 11.6. The van der Waals surface area contributed by atoms with E-state index in [1.165, 1.54) is 0 Å².